The minimum atomic E-state index is 0.653. The molecule has 1 N–H and O–H groups in total. The Bertz CT molecular complexity index is 421. The number of rotatable bonds is 4. The molecule has 1 aliphatic heterocycles. The van der Waals surface area contributed by atoms with Gasteiger partial charge in [0.05, 0.1) is 5.69 Å². The maximum atomic E-state index is 4.39. The molecular formula is C14H24N4. The molecule has 2 heterocycles. The molecule has 4 heteroatoms. The summed E-state index contributed by atoms with van der Waals surface area (Å²) in [6.45, 7) is 6.64. The standard InChI is InChI=1S/C14H24N4/c1-10-6-13(9-18(10)14-4-5-14)15-7-12-8-17(3)16-11(12)2/h8,10,13-15H,4-7,9H2,1-3H3. The maximum absolute atomic E-state index is 4.39. The molecule has 2 atom stereocenters. The topological polar surface area (TPSA) is 33.1 Å². The molecule has 1 aliphatic carbocycles. The monoisotopic (exact) mass is 248 g/mol. The van der Waals surface area contributed by atoms with Crippen LogP contribution in [0.2, 0.25) is 0 Å². The van der Waals surface area contributed by atoms with Crippen LogP contribution in [0.25, 0.3) is 0 Å². The Morgan fingerprint density at radius 3 is 2.83 bits per heavy atom. The van der Waals surface area contributed by atoms with Crippen LogP contribution in [0.1, 0.15) is 37.4 Å². The smallest absolute Gasteiger partial charge is 0.0638 e. The third kappa shape index (κ3) is 2.45. The van der Waals surface area contributed by atoms with E-state index in [0.29, 0.717) is 6.04 Å². The second-order valence-corrected chi connectivity index (χ2v) is 6.00. The van der Waals surface area contributed by atoms with Crippen LogP contribution >= 0.6 is 0 Å². The summed E-state index contributed by atoms with van der Waals surface area (Å²) >= 11 is 0. The van der Waals surface area contributed by atoms with Crippen LogP contribution in [0.15, 0.2) is 6.20 Å². The molecule has 2 fully saturated rings. The van der Waals surface area contributed by atoms with E-state index in [4.69, 9.17) is 0 Å². The lowest BCUT2D eigenvalue weighted by Gasteiger charge is -2.19. The number of nitrogens with one attached hydrogen (secondary N) is 1. The summed E-state index contributed by atoms with van der Waals surface area (Å²) in [4.78, 5) is 2.69. The van der Waals surface area contributed by atoms with Gasteiger partial charge in [0, 0.05) is 50.0 Å². The molecular weight excluding hydrogens is 224 g/mol. The predicted octanol–water partition coefficient (Wildman–Crippen LogP) is 1.44. The van der Waals surface area contributed by atoms with E-state index in [1.54, 1.807) is 0 Å². The molecule has 0 spiro atoms. The minimum Gasteiger partial charge on any atom is -0.308 e. The molecule has 3 rings (SSSR count). The summed E-state index contributed by atoms with van der Waals surface area (Å²) in [6, 6.07) is 2.30. The highest BCUT2D eigenvalue weighted by Crippen LogP contribution is 2.33. The van der Waals surface area contributed by atoms with Crippen molar-refractivity contribution in [2.45, 2.75) is 57.8 Å². The average molecular weight is 248 g/mol. The second kappa shape index (κ2) is 4.67. The Hall–Kier alpha value is -0.870. The lowest BCUT2D eigenvalue weighted by Crippen LogP contribution is -2.33. The largest absolute Gasteiger partial charge is 0.308 e. The zero-order chi connectivity index (χ0) is 12.7. The summed E-state index contributed by atoms with van der Waals surface area (Å²) in [6.07, 6.45) is 6.24. The highest BCUT2D eigenvalue weighted by atomic mass is 15.3. The second-order valence-electron chi connectivity index (χ2n) is 6.00. The fourth-order valence-corrected chi connectivity index (χ4v) is 3.20. The summed E-state index contributed by atoms with van der Waals surface area (Å²) in [7, 11) is 1.99. The first-order chi connectivity index (χ1) is 8.63. The van der Waals surface area contributed by atoms with Gasteiger partial charge in [0.15, 0.2) is 0 Å². The molecule has 0 amide bonds. The SMILES string of the molecule is Cc1nn(C)cc1CNC1CC(C)N(C2CC2)C1. The van der Waals surface area contributed by atoms with Gasteiger partial charge in [-0.3, -0.25) is 9.58 Å². The highest BCUT2D eigenvalue weighted by molar-refractivity contribution is 5.15. The van der Waals surface area contributed by atoms with Gasteiger partial charge in [-0.25, -0.2) is 0 Å². The van der Waals surface area contributed by atoms with Crippen LogP contribution in [0.3, 0.4) is 0 Å². The first-order valence-corrected chi connectivity index (χ1v) is 7.11. The number of hydrogen-bond acceptors (Lipinski definition) is 3. The van der Waals surface area contributed by atoms with Gasteiger partial charge in [-0.1, -0.05) is 0 Å². The molecule has 18 heavy (non-hydrogen) atoms. The van der Waals surface area contributed by atoms with Gasteiger partial charge >= 0.3 is 0 Å². The van der Waals surface area contributed by atoms with Gasteiger partial charge in [-0.2, -0.15) is 5.10 Å². The van der Waals surface area contributed by atoms with Crippen molar-refractivity contribution in [1.29, 1.82) is 0 Å². The van der Waals surface area contributed by atoms with Crippen LogP contribution in [0, 0.1) is 6.92 Å². The van der Waals surface area contributed by atoms with Crippen molar-refractivity contribution < 1.29 is 0 Å². The van der Waals surface area contributed by atoms with Crippen LogP contribution in [-0.4, -0.2) is 39.4 Å². The van der Waals surface area contributed by atoms with E-state index < -0.39 is 0 Å². The van der Waals surface area contributed by atoms with E-state index in [1.807, 2.05) is 11.7 Å². The summed E-state index contributed by atoms with van der Waals surface area (Å²) in [5, 5.41) is 8.09. The zero-order valence-electron chi connectivity index (χ0n) is 11.7. The van der Waals surface area contributed by atoms with Gasteiger partial charge in [0.2, 0.25) is 0 Å². The van der Waals surface area contributed by atoms with Gasteiger partial charge < -0.3 is 5.32 Å². The van der Waals surface area contributed by atoms with E-state index in [9.17, 15) is 0 Å². The molecule has 100 valence electrons. The van der Waals surface area contributed by atoms with Crippen molar-refractivity contribution in [3.8, 4) is 0 Å². The van der Waals surface area contributed by atoms with Crippen molar-refractivity contribution in [3.63, 3.8) is 0 Å². The third-order valence-corrected chi connectivity index (χ3v) is 4.34. The average Bonchev–Trinajstić information content (AvgIpc) is 3.01. The van der Waals surface area contributed by atoms with Crippen LogP contribution in [0.4, 0.5) is 0 Å². The van der Waals surface area contributed by atoms with Crippen molar-refractivity contribution in [2.75, 3.05) is 6.54 Å². The minimum absolute atomic E-state index is 0.653. The highest BCUT2D eigenvalue weighted by Gasteiger charge is 2.38. The van der Waals surface area contributed by atoms with E-state index >= 15 is 0 Å². The van der Waals surface area contributed by atoms with Gasteiger partial charge in [0.1, 0.15) is 0 Å². The number of aromatic nitrogens is 2. The van der Waals surface area contributed by atoms with E-state index in [1.165, 1.54) is 31.4 Å². The van der Waals surface area contributed by atoms with E-state index in [-0.39, 0.29) is 0 Å². The van der Waals surface area contributed by atoms with Crippen LogP contribution in [-0.2, 0) is 13.6 Å². The molecule has 1 aromatic rings. The Kier molecular flexibility index (Phi) is 3.16. The first-order valence-electron chi connectivity index (χ1n) is 7.11. The number of nitrogens with zero attached hydrogens (tertiary/aromatic N) is 3. The molecule has 0 bridgehead atoms. The number of likely N-dealkylation sites (tertiary alicyclic amines) is 1. The van der Waals surface area contributed by atoms with Crippen molar-refractivity contribution in [3.05, 3.63) is 17.5 Å². The Balaban J connectivity index is 1.53. The van der Waals surface area contributed by atoms with E-state index in [0.717, 1.165) is 24.3 Å². The van der Waals surface area contributed by atoms with Gasteiger partial charge in [0.25, 0.3) is 0 Å². The lowest BCUT2D eigenvalue weighted by atomic mass is 10.2. The molecule has 0 radical (unpaired) electrons. The van der Waals surface area contributed by atoms with Crippen LogP contribution in [0.5, 0.6) is 0 Å². The molecule has 2 unspecified atom stereocenters. The molecule has 1 aromatic heterocycles. The van der Waals surface area contributed by atoms with Crippen LogP contribution < -0.4 is 5.32 Å². The fraction of sp³-hybridized carbons (Fsp3) is 0.786. The summed E-state index contributed by atoms with van der Waals surface area (Å²) < 4.78 is 1.90. The molecule has 2 aliphatic rings. The molecule has 1 saturated carbocycles. The van der Waals surface area contributed by atoms with Gasteiger partial charge in [-0.15, -0.1) is 0 Å². The normalized spacial score (nSPS) is 29.1. The maximum Gasteiger partial charge on any atom is 0.0638 e. The number of aryl methyl sites for hydroxylation is 2. The Morgan fingerprint density at radius 2 is 2.22 bits per heavy atom. The van der Waals surface area contributed by atoms with Crippen molar-refractivity contribution >= 4 is 0 Å². The third-order valence-electron chi connectivity index (χ3n) is 4.34. The van der Waals surface area contributed by atoms with E-state index in [2.05, 4.69) is 35.4 Å². The zero-order valence-corrected chi connectivity index (χ0v) is 11.7. The predicted molar refractivity (Wildman–Crippen MR) is 72.4 cm³/mol. The molecule has 0 aromatic carbocycles. The van der Waals surface area contributed by atoms with Crippen molar-refractivity contribution in [1.82, 2.24) is 20.0 Å². The Morgan fingerprint density at radius 1 is 1.44 bits per heavy atom. The summed E-state index contributed by atoms with van der Waals surface area (Å²) in [5.41, 5.74) is 2.48. The van der Waals surface area contributed by atoms with Crippen molar-refractivity contribution in [2.24, 2.45) is 7.05 Å². The molecule has 4 nitrogen and oxygen atoms in total. The lowest BCUT2D eigenvalue weighted by molar-refractivity contribution is 0.255. The fourth-order valence-electron chi connectivity index (χ4n) is 3.20. The van der Waals surface area contributed by atoms with Gasteiger partial charge in [-0.05, 0) is 33.1 Å². The number of hydrogen-bond donors (Lipinski definition) is 1. The quantitative estimate of drug-likeness (QED) is 0.875. The summed E-state index contributed by atoms with van der Waals surface area (Å²) in [5.74, 6) is 0. The Labute approximate surface area is 109 Å². The molecule has 1 saturated heterocycles. The first kappa shape index (κ1) is 12.2.